The molecule has 1 atom stereocenters. The van der Waals surface area contributed by atoms with Crippen LogP contribution in [0.2, 0.25) is 5.02 Å². The minimum Gasteiger partial charge on any atom is -0.406 e. The van der Waals surface area contributed by atoms with Gasteiger partial charge in [0.1, 0.15) is 5.75 Å². The van der Waals surface area contributed by atoms with Gasteiger partial charge in [-0.2, -0.15) is 0 Å². The summed E-state index contributed by atoms with van der Waals surface area (Å²) in [4.78, 5) is 14.7. The van der Waals surface area contributed by atoms with E-state index < -0.39 is 6.36 Å². The SMILES string of the molecule is O=C(Nc1ccc(OC(F)(F)F)cc1)C1CCCN(c2ccc(-c3ccc(Cl)cc3)nn2)C1. The quantitative estimate of drug-likeness (QED) is 0.523. The van der Waals surface area contributed by atoms with Crippen molar-refractivity contribution in [2.24, 2.45) is 5.92 Å². The maximum atomic E-state index is 12.7. The average Bonchev–Trinajstić information content (AvgIpc) is 2.80. The highest BCUT2D eigenvalue weighted by Crippen LogP contribution is 2.27. The molecular weight excluding hydrogens is 457 g/mol. The van der Waals surface area contributed by atoms with E-state index >= 15 is 0 Å². The number of ether oxygens (including phenoxy) is 1. The van der Waals surface area contributed by atoms with E-state index in [4.69, 9.17) is 11.6 Å². The van der Waals surface area contributed by atoms with Crippen LogP contribution in [0, 0.1) is 5.92 Å². The van der Waals surface area contributed by atoms with Crippen molar-refractivity contribution in [2.45, 2.75) is 19.2 Å². The Morgan fingerprint density at radius 3 is 2.39 bits per heavy atom. The first-order valence-electron chi connectivity index (χ1n) is 10.3. The van der Waals surface area contributed by atoms with Gasteiger partial charge in [-0.3, -0.25) is 4.79 Å². The zero-order valence-corrected chi connectivity index (χ0v) is 18.1. The molecule has 1 aliphatic rings. The van der Waals surface area contributed by atoms with Gasteiger partial charge in [-0.1, -0.05) is 23.7 Å². The molecule has 1 amide bonds. The standard InChI is InChI=1S/C23H20ClF3N4O2/c24-17-5-3-15(4-6-17)20-11-12-21(30-29-20)31-13-1-2-16(14-31)22(32)28-18-7-9-19(10-8-18)33-23(25,26)27/h3-12,16H,1-2,13-14H2,(H,28,32). The Labute approximate surface area is 193 Å². The number of nitrogens with one attached hydrogen (secondary N) is 1. The van der Waals surface area contributed by atoms with Crippen molar-refractivity contribution in [2.75, 3.05) is 23.3 Å². The normalized spacial score (nSPS) is 16.4. The molecule has 1 aliphatic heterocycles. The van der Waals surface area contributed by atoms with Gasteiger partial charge in [0.25, 0.3) is 0 Å². The summed E-state index contributed by atoms with van der Waals surface area (Å²) in [6.45, 7) is 1.22. The number of amides is 1. The van der Waals surface area contributed by atoms with Crippen molar-refractivity contribution in [1.82, 2.24) is 10.2 Å². The highest BCUT2D eigenvalue weighted by atomic mass is 35.5. The van der Waals surface area contributed by atoms with Crippen LogP contribution < -0.4 is 15.0 Å². The van der Waals surface area contributed by atoms with Crippen LogP contribution in [0.3, 0.4) is 0 Å². The maximum Gasteiger partial charge on any atom is 0.573 e. The van der Waals surface area contributed by atoms with E-state index in [9.17, 15) is 18.0 Å². The molecule has 2 aromatic carbocycles. The molecule has 3 aromatic rings. The number of halogens is 4. The van der Waals surface area contributed by atoms with Crippen LogP contribution in [-0.2, 0) is 4.79 Å². The Morgan fingerprint density at radius 1 is 1.03 bits per heavy atom. The fraction of sp³-hybridized carbons (Fsp3) is 0.261. The van der Waals surface area contributed by atoms with E-state index in [2.05, 4.69) is 20.3 Å². The van der Waals surface area contributed by atoms with Gasteiger partial charge < -0.3 is 15.0 Å². The van der Waals surface area contributed by atoms with Crippen LogP contribution in [0.15, 0.2) is 60.7 Å². The zero-order valence-electron chi connectivity index (χ0n) is 17.3. The van der Waals surface area contributed by atoms with Gasteiger partial charge in [0.2, 0.25) is 5.91 Å². The van der Waals surface area contributed by atoms with Gasteiger partial charge in [-0.05, 0) is 61.4 Å². The zero-order chi connectivity index (χ0) is 23.4. The third kappa shape index (κ3) is 6.13. The molecular formula is C23H20ClF3N4O2. The molecule has 33 heavy (non-hydrogen) atoms. The number of benzene rings is 2. The predicted molar refractivity (Wildman–Crippen MR) is 119 cm³/mol. The summed E-state index contributed by atoms with van der Waals surface area (Å²) in [5.41, 5.74) is 2.03. The molecule has 1 saturated heterocycles. The maximum absolute atomic E-state index is 12.7. The van der Waals surface area contributed by atoms with Crippen molar-refractivity contribution in [3.05, 3.63) is 65.7 Å². The molecule has 6 nitrogen and oxygen atoms in total. The van der Waals surface area contributed by atoms with Gasteiger partial charge in [-0.25, -0.2) is 0 Å². The summed E-state index contributed by atoms with van der Waals surface area (Å²) < 4.78 is 40.7. The molecule has 0 bridgehead atoms. The van der Waals surface area contributed by atoms with E-state index in [0.717, 1.165) is 36.4 Å². The summed E-state index contributed by atoms with van der Waals surface area (Å²) in [6.07, 6.45) is -3.25. The lowest BCUT2D eigenvalue weighted by Gasteiger charge is -2.32. The summed E-state index contributed by atoms with van der Waals surface area (Å²) >= 11 is 5.92. The molecule has 0 radical (unpaired) electrons. The summed E-state index contributed by atoms with van der Waals surface area (Å²) in [6, 6.07) is 16.1. The average molecular weight is 477 g/mol. The minimum atomic E-state index is -4.76. The number of hydrogen-bond donors (Lipinski definition) is 1. The number of nitrogens with zero attached hydrogens (tertiary/aromatic N) is 3. The molecule has 0 saturated carbocycles. The molecule has 2 heterocycles. The second-order valence-corrected chi connectivity index (χ2v) is 8.07. The Bertz CT molecular complexity index is 1090. The van der Waals surface area contributed by atoms with Crippen molar-refractivity contribution in [3.63, 3.8) is 0 Å². The predicted octanol–water partition coefficient (Wildman–Crippen LogP) is 5.55. The first kappa shape index (κ1) is 22.8. The molecule has 4 rings (SSSR count). The number of carbonyl (C=O) groups excluding carboxylic acids is 1. The Balaban J connectivity index is 1.37. The van der Waals surface area contributed by atoms with Crippen molar-refractivity contribution < 1.29 is 22.7 Å². The van der Waals surface area contributed by atoms with Gasteiger partial charge in [-0.15, -0.1) is 23.4 Å². The van der Waals surface area contributed by atoms with Gasteiger partial charge in [0, 0.05) is 29.4 Å². The molecule has 0 aliphatic carbocycles. The molecule has 0 spiro atoms. The van der Waals surface area contributed by atoms with Crippen molar-refractivity contribution in [1.29, 1.82) is 0 Å². The van der Waals surface area contributed by atoms with Crippen LogP contribution in [0.25, 0.3) is 11.3 Å². The number of aromatic nitrogens is 2. The topological polar surface area (TPSA) is 67.3 Å². The first-order chi connectivity index (χ1) is 15.8. The molecule has 1 fully saturated rings. The lowest BCUT2D eigenvalue weighted by atomic mass is 9.97. The highest BCUT2D eigenvalue weighted by molar-refractivity contribution is 6.30. The number of alkyl halides is 3. The minimum absolute atomic E-state index is 0.199. The van der Waals surface area contributed by atoms with Crippen molar-refractivity contribution in [3.8, 4) is 17.0 Å². The smallest absolute Gasteiger partial charge is 0.406 e. The second kappa shape index (κ2) is 9.66. The Morgan fingerprint density at radius 2 is 1.76 bits per heavy atom. The largest absolute Gasteiger partial charge is 0.573 e. The van der Waals surface area contributed by atoms with Gasteiger partial charge in [0.15, 0.2) is 5.82 Å². The Hall–Kier alpha value is -3.33. The van der Waals surface area contributed by atoms with Gasteiger partial charge in [0.05, 0.1) is 11.6 Å². The molecule has 1 aromatic heterocycles. The van der Waals surface area contributed by atoms with E-state index in [1.165, 1.54) is 12.1 Å². The summed E-state index contributed by atoms with van der Waals surface area (Å²) in [5, 5.41) is 12.0. The molecule has 10 heteroatoms. The number of anilines is 2. The second-order valence-electron chi connectivity index (χ2n) is 7.63. The third-order valence-electron chi connectivity index (χ3n) is 5.26. The number of piperidine rings is 1. The first-order valence-corrected chi connectivity index (χ1v) is 10.7. The van der Waals surface area contributed by atoms with Crippen LogP contribution in [0.4, 0.5) is 24.7 Å². The highest BCUT2D eigenvalue weighted by Gasteiger charge is 2.31. The molecule has 1 N–H and O–H groups in total. The fourth-order valence-electron chi connectivity index (χ4n) is 3.65. The number of rotatable bonds is 5. The Kier molecular flexibility index (Phi) is 6.69. The number of hydrogen-bond acceptors (Lipinski definition) is 5. The van der Waals surface area contributed by atoms with E-state index in [1.54, 1.807) is 12.1 Å². The lowest BCUT2D eigenvalue weighted by molar-refractivity contribution is -0.274. The monoisotopic (exact) mass is 476 g/mol. The van der Waals surface area contributed by atoms with Crippen LogP contribution in [0.5, 0.6) is 5.75 Å². The van der Waals surface area contributed by atoms with Crippen molar-refractivity contribution >= 4 is 29.0 Å². The molecule has 1 unspecified atom stereocenters. The van der Waals surface area contributed by atoms with E-state index in [-0.39, 0.29) is 17.6 Å². The number of carbonyl (C=O) groups is 1. The fourth-order valence-corrected chi connectivity index (χ4v) is 3.78. The van der Waals surface area contributed by atoms with Crippen LogP contribution >= 0.6 is 11.6 Å². The molecule has 172 valence electrons. The van der Waals surface area contributed by atoms with E-state index in [1.807, 2.05) is 29.2 Å². The lowest BCUT2D eigenvalue weighted by Crippen LogP contribution is -2.41. The van der Waals surface area contributed by atoms with Gasteiger partial charge >= 0.3 is 6.36 Å². The van der Waals surface area contributed by atoms with Crippen LogP contribution in [0.1, 0.15) is 12.8 Å². The van der Waals surface area contributed by atoms with E-state index in [0.29, 0.717) is 29.5 Å². The van der Waals surface area contributed by atoms with Crippen LogP contribution in [-0.4, -0.2) is 35.6 Å². The summed E-state index contributed by atoms with van der Waals surface area (Å²) in [7, 11) is 0. The summed E-state index contributed by atoms with van der Waals surface area (Å²) in [5.74, 6) is -0.152. The third-order valence-corrected chi connectivity index (χ3v) is 5.51.